The van der Waals surface area contributed by atoms with E-state index in [0.717, 1.165) is 5.56 Å². The summed E-state index contributed by atoms with van der Waals surface area (Å²) in [4.78, 5) is 16.4. The summed E-state index contributed by atoms with van der Waals surface area (Å²) >= 11 is 0. The van der Waals surface area contributed by atoms with Crippen LogP contribution in [0.1, 0.15) is 5.56 Å². The molecule has 0 unspecified atom stereocenters. The van der Waals surface area contributed by atoms with Crippen molar-refractivity contribution < 1.29 is 19.1 Å². The fraction of sp³-hybridized carbons (Fsp3) is 0.273. The molecule has 0 atom stereocenters. The summed E-state index contributed by atoms with van der Waals surface area (Å²) in [5.74, 6) is 0.823. The highest BCUT2D eigenvalue weighted by atomic mass is 16.6. The van der Waals surface area contributed by atoms with Gasteiger partial charge in [-0.3, -0.25) is 0 Å². The minimum atomic E-state index is -0.471. The van der Waals surface area contributed by atoms with Crippen LogP contribution in [-0.2, 0) is 16.0 Å². The standard InChI is InChI=1S/C11H11NO4/c1-14-8-4-3-7-5-9(11(13)15-2)12-16-10(7)6-8/h3-4,6H,5H2,1-2H3. The van der Waals surface area contributed by atoms with E-state index < -0.39 is 5.97 Å². The van der Waals surface area contributed by atoms with E-state index in [0.29, 0.717) is 17.9 Å². The van der Waals surface area contributed by atoms with Crippen molar-refractivity contribution in [3.63, 3.8) is 0 Å². The predicted octanol–water partition coefficient (Wildman–Crippen LogP) is 1.16. The Morgan fingerprint density at radius 1 is 1.44 bits per heavy atom. The minimum Gasteiger partial charge on any atom is -0.497 e. The molecule has 0 saturated heterocycles. The van der Waals surface area contributed by atoms with E-state index in [1.54, 1.807) is 13.2 Å². The van der Waals surface area contributed by atoms with Crippen LogP contribution >= 0.6 is 0 Å². The summed E-state index contributed by atoms with van der Waals surface area (Å²) in [6.45, 7) is 0. The molecule has 1 aliphatic rings. The third-order valence-electron chi connectivity index (χ3n) is 2.31. The van der Waals surface area contributed by atoms with Crippen LogP contribution in [0.15, 0.2) is 23.4 Å². The first-order valence-corrected chi connectivity index (χ1v) is 4.73. The number of carbonyl (C=O) groups is 1. The summed E-state index contributed by atoms with van der Waals surface area (Å²) in [5.41, 5.74) is 1.15. The zero-order chi connectivity index (χ0) is 11.5. The van der Waals surface area contributed by atoms with Crippen LogP contribution < -0.4 is 9.57 Å². The Morgan fingerprint density at radius 3 is 2.94 bits per heavy atom. The van der Waals surface area contributed by atoms with Gasteiger partial charge in [0.05, 0.1) is 14.2 Å². The number of ether oxygens (including phenoxy) is 2. The van der Waals surface area contributed by atoms with Gasteiger partial charge >= 0.3 is 5.97 Å². The van der Waals surface area contributed by atoms with Crippen LogP contribution in [0.5, 0.6) is 11.5 Å². The number of methoxy groups -OCH3 is 2. The smallest absolute Gasteiger partial charge is 0.356 e. The van der Waals surface area contributed by atoms with Crippen molar-refractivity contribution in [1.82, 2.24) is 0 Å². The molecule has 1 aliphatic heterocycles. The number of fused-ring (bicyclic) bond motifs is 1. The molecule has 1 heterocycles. The van der Waals surface area contributed by atoms with Crippen molar-refractivity contribution in [2.75, 3.05) is 14.2 Å². The lowest BCUT2D eigenvalue weighted by Gasteiger charge is -2.14. The SMILES string of the molecule is COC(=O)C1=NOc2cc(OC)ccc2C1. The maximum atomic E-state index is 11.2. The van der Waals surface area contributed by atoms with Crippen molar-refractivity contribution in [2.24, 2.45) is 5.16 Å². The average Bonchev–Trinajstić information content (AvgIpc) is 2.36. The van der Waals surface area contributed by atoms with Gasteiger partial charge in [0, 0.05) is 18.1 Å². The molecule has 0 amide bonds. The van der Waals surface area contributed by atoms with Crippen molar-refractivity contribution >= 4 is 11.7 Å². The van der Waals surface area contributed by atoms with E-state index in [1.807, 2.05) is 12.1 Å². The molecule has 0 N–H and O–H groups in total. The van der Waals surface area contributed by atoms with E-state index in [-0.39, 0.29) is 5.71 Å². The maximum absolute atomic E-state index is 11.2. The Labute approximate surface area is 92.6 Å². The van der Waals surface area contributed by atoms with E-state index >= 15 is 0 Å². The quantitative estimate of drug-likeness (QED) is 0.703. The lowest BCUT2D eigenvalue weighted by atomic mass is 10.1. The first-order chi connectivity index (χ1) is 7.74. The van der Waals surface area contributed by atoms with Gasteiger partial charge in [-0.1, -0.05) is 11.2 Å². The Balaban J connectivity index is 2.25. The van der Waals surface area contributed by atoms with E-state index in [9.17, 15) is 4.79 Å². The van der Waals surface area contributed by atoms with Gasteiger partial charge in [0.1, 0.15) is 5.75 Å². The topological polar surface area (TPSA) is 57.1 Å². The molecule has 0 spiro atoms. The van der Waals surface area contributed by atoms with Gasteiger partial charge < -0.3 is 14.3 Å². The van der Waals surface area contributed by atoms with Crippen LogP contribution in [0.25, 0.3) is 0 Å². The lowest BCUT2D eigenvalue weighted by Crippen LogP contribution is -2.22. The van der Waals surface area contributed by atoms with E-state index in [4.69, 9.17) is 9.57 Å². The van der Waals surface area contributed by atoms with E-state index in [2.05, 4.69) is 9.89 Å². The highest BCUT2D eigenvalue weighted by Gasteiger charge is 2.21. The second kappa shape index (κ2) is 4.22. The van der Waals surface area contributed by atoms with Crippen molar-refractivity contribution in [1.29, 1.82) is 0 Å². The maximum Gasteiger partial charge on any atom is 0.356 e. The van der Waals surface area contributed by atoms with Gasteiger partial charge in [-0.2, -0.15) is 0 Å². The van der Waals surface area contributed by atoms with Gasteiger partial charge in [0.15, 0.2) is 11.5 Å². The molecule has 0 aromatic heterocycles. The molecule has 2 rings (SSSR count). The predicted molar refractivity (Wildman–Crippen MR) is 56.8 cm³/mol. The minimum absolute atomic E-state index is 0.264. The number of nitrogens with zero attached hydrogens (tertiary/aromatic N) is 1. The number of rotatable bonds is 2. The highest BCUT2D eigenvalue weighted by molar-refractivity contribution is 6.37. The normalized spacial score (nSPS) is 13.2. The third kappa shape index (κ3) is 1.84. The Morgan fingerprint density at radius 2 is 2.25 bits per heavy atom. The van der Waals surface area contributed by atoms with Crippen LogP contribution in [0.4, 0.5) is 0 Å². The number of benzene rings is 1. The number of esters is 1. The van der Waals surface area contributed by atoms with Gasteiger partial charge in [-0.15, -0.1) is 0 Å². The molecule has 0 radical (unpaired) electrons. The Hall–Kier alpha value is -2.04. The number of hydrogen-bond donors (Lipinski definition) is 0. The molecule has 1 aromatic rings. The van der Waals surface area contributed by atoms with Crippen molar-refractivity contribution in [2.45, 2.75) is 6.42 Å². The second-order valence-electron chi connectivity index (χ2n) is 3.27. The first-order valence-electron chi connectivity index (χ1n) is 4.73. The summed E-state index contributed by atoms with van der Waals surface area (Å²) in [7, 11) is 2.89. The lowest BCUT2D eigenvalue weighted by molar-refractivity contribution is -0.133. The van der Waals surface area contributed by atoms with Gasteiger partial charge in [-0.25, -0.2) is 4.79 Å². The van der Waals surface area contributed by atoms with Crippen molar-refractivity contribution in [3.05, 3.63) is 23.8 Å². The van der Waals surface area contributed by atoms with Crippen LogP contribution in [-0.4, -0.2) is 25.9 Å². The van der Waals surface area contributed by atoms with Gasteiger partial charge in [-0.05, 0) is 6.07 Å². The highest BCUT2D eigenvalue weighted by Crippen LogP contribution is 2.28. The Bertz CT molecular complexity index is 453. The molecule has 16 heavy (non-hydrogen) atoms. The van der Waals surface area contributed by atoms with Crippen LogP contribution in [0, 0.1) is 0 Å². The summed E-state index contributed by atoms with van der Waals surface area (Å²) in [5, 5.41) is 3.70. The fourth-order valence-corrected chi connectivity index (χ4v) is 1.44. The molecule has 0 saturated carbocycles. The molecule has 1 aromatic carbocycles. The summed E-state index contributed by atoms with van der Waals surface area (Å²) in [6, 6.07) is 5.38. The Kier molecular flexibility index (Phi) is 2.76. The molecular weight excluding hydrogens is 210 g/mol. The zero-order valence-electron chi connectivity index (χ0n) is 9.02. The third-order valence-corrected chi connectivity index (χ3v) is 2.31. The molecule has 84 valence electrons. The molecule has 0 fully saturated rings. The van der Waals surface area contributed by atoms with Crippen LogP contribution in [0.2, 0.25) is 0 Å². The molecule has 5 heteroatoms. The molecule has 0 bridgehead atoms. The molecule has 0 aliphatic carbocycles. The summed E-state index contributed by atoms with van der Waals surface area (Å²) in [6.07, 6.45) is 0.409. The van der Waals surface area contributed by atoms with Gasteiger partial charge in [0.2, 0.25) is 0 Å². The van der Waals surface area contributed by atoms with Gasteiger partial charge in [0.25, 0.3) is 0 Å². The molecular formula is C11H11NO4. The van der Waals surface area contributed by atoms with Crippen LogP contribution in [0.3, 0.4) is 0 Å². The first kappa shape index (κ1) is 10.5. The largest absolute Gasteiger partial charge is 0.497 e. The zero-order valence-corrected chi connectivity index (χ0v) is 9.02. The number of hydrogen-bond acceptors (Lipinski definition) is 5. The second-order valence-corrected chi connectivity index (χ2v) is 3.27. The van der Waals surface area contributed by atoms with E-state index in [1.165, 1.54) is 7.11 Å². The number of carbonyl (C=O) groups excluding carboxylic acids is 1. The fourth-order valence-electron chi connectivity index (χ4n) is 1.44. The molecule has 5 nitrogen and oxygen atoms in total. The number of oxime groups is 1. The average molecular weight is 221 g/mol. The monoisotopic (exact) mass is 221 g/mol. The summed E-state index contributed by atoms with van der Waals surface area (Å²) < 4.78 is 9.63. The van der Waals surface area contributed by atoms with Crippen molar-refractivity contribution in [3.8, 4) is 11.5 Å².